The maximum absolute atomic E-state index is 10.8. The number of carbonyl (C=O) groups is 3. The van der Waals surface area contributed by atoms with Crippen LogP contribution in [0.4, 0.5) is 0 Å². The third kappa shape index (κ3) is 8.61. The molecule has 0 bridgehead atoms. The molecule has 6 heteroatoms. The Morgan fingerprint density at radius 1 is 1.20 bits per heavy atom. The van der Waals surface area contributed by atoms with E-state index in [1.807, 2.05) is 0 Å². The molecule has 0 aromatic rings. The van der Waals surface area contributed by atoms with Gasteiger partial charge in [0.2, 0.25) is 0 Å². The van der Waals surface area contributed by atoms with Gasteiger partial charge in [-0.15, -0.1) is 0 Å². The highest BCUT2D eigenvalue weighted by atomic mass is 16.5. The van der Waals surface area contributed by atoms with Crippen molar-refractivity contribution in [3.8, 4) is 0 Å². The van der Waals surface area contributed by atoms with Crippen LogP contribution < -0.4 is 0 Å². The topological polar surface area (TPSA) is 93.5 Å². The van der Waals surface area contributed by atoms with Crippen molar-refractivity contribution in [2.45, 2.75) is 19.8 Å². The predicted octanol–water partition coefficient (Wildman–Crippen LogP) is 0.0916. The molecule has 0 unspecified atom stereocenters. The zero-order valence-electron chi connectivity index (χ0n) is 8.45. The molecule has 0 radical (unpaired) electrons. The van der Waals surface area contributed by atoms with Gasteiger partial charge in [-0.05, 0) is 6.92 Å². The third-order valence-electron chi connectivity index (χ3n) is 1.31. The lowest BCUT2D eigenvalue weighted by atomic mass is 10.3. The molecule has 6 nitrogen and oxygen atoms in total. The lowest BCUT2D eigenvalue weighted by molar-refractivity contribution is -0.146. The molecule has 15 heavy (non-hydrogen) atoms. The highest BCUT2D eigenvalue weighted by Crippen LogP contribution is 1.91. The molecule has 0 spiro atoms. The van der Waals surface area contributed by atoms with E-state index in [9.17, 15) is 14.4 Å². The van der Waals surface area contributed by atoms with Crippen molar-refractivity contribution in [1.82, 2.24) is 0 Å². The Labute approximate surface area is 87.1 Å². The summed E-state index contributed by atoms with van der Waals surface area (Å²) >= 11 is 0. The number of hydrogen-bond acceptors (Lipinski definition) is 6. The molecular weight excluding hydrogens is 202 g/mol. The molecule has 0 heterocycles. The van der Waals surface area contributed by atoms with Crippen LogP contribution >= 0.6 is 0 Å². The van der Waals surface area contributed by atoms with Gasteiger partial charge < -0.3 is 14.9 Å². The van der Waals surface area contributed by atoms with Gasteiger partial charge in [0, 0.05) is 6.42 Å². The van der Waals surface area contributed by atoms with Crippen LogP contribution in [0.15, 0.2) is 0 Å². The smallest absolute Gasteiger partial charge is 0.348 e. The summed E-state index contributed by atoms with van der Waals surface area (Å²) in [5.41, 5.74) is 0. The molecular formula is C9H13NO5. The summed E-state index contributed by atoms with van der Waals surface area (Å²) in [6.45, 7) is 1.48. The van der Waals surface area contributed by atoms with E-state index in [1.165, 1.54) is 6.92 Å². The van der Waals surface area contributed by atoms with E-state index in [0.717, 1.165) is 0 Å². The number of ether oxygens (including phenoxy) is 2. The standard InChI is InChI=1S/C9H13NO5/c1-7(11)5-8(12)14-3-2-4-15-9(13)6-10/h6,10H,2-5H2,1H3. The molecule has 0 aliphatic rings. The zero-order chi connectivity index (χ0) is 11.7. The average molecular weight is 215 g/mol. The summed E-state index contributed by atoms with van der Waals surface area (Å²) in [6, 6.07) is 0. The van der Waals surface area contributed by atoms with Crippen LogP contribution in [-0.4, -0.2) is 37.2 Å². The molecule has 0 aromatic carbocycles. The van der Waals surface area contributed by atoms with Crippen LogP contribution in [0.1, 0.15) is 19.8 Å². The zero-order valence-corrected chi connectivity index (χ0v) is 8.45. The Kier molecular flexibility index (Phi) is 6.78. The lowest BCUT2D eigenvalue weighted by Crippen LogP contribution is -2.12. The van der Waals surface area contributed by atoms with Crippen molar-refractivity contribution in [2.75, 3.05) is 13.2 Å². The summed E-state index contributed by atoms with van der Waals surface area (Å²) in [5.74, 6) is -1.57. The van der Waals surface area contributed by atoms with Gasteiger partial charge >= 0.3 is 11.9 Å². The number of esters is 2. The second kappa shape index (κ2) is 7.66. The van der Waals surface area contributed by atoms with E-state index < -0.39 is 11.9 Å². The van der Waals surface area contributed by atoms with Gasteiger partial charge in [-0.3, -0.25) is 9.59 Å². The van der Waals surface area contributed by atoms with Gasteiger partial charge in [-0.1, -0.05) is 0 Å². The maximum Gasteiger partial charge on any atom is 0.348 e. The Bertz CT molecular complexity index is 261. The normalized spacial score (nSPS) is 9.13. The first-order valence-corrected chi connectivity index (χ1v) is 4.38. The number of ketones is 1. The summed E-state index contributed by atoms with van der Waals surface area (Å²) in [5, 5.41) is 6.51. The van der Waals surface area contributed by atoms with Crippen LogP contribution in [-0.2, 0) is 23.9 Å². The van der Waals surface area contributed by atoms with Crippen molar-refractivity contribution in [2.24, 2.45) is 0 Å². The van der Waals surface area contributed by atoms with Crippen LogP contribution in [0.3, 0.4) is 0 Å². The van der Waals surface area contributed by atoms with Crippen molar-refractivity contribution in [3.05, 3.63) is 0 Å². The minimum absolute atomic E-state index is 0.0849. The number of hydrogen-bond donors (Lipinski definition) is 1. The second-order valence-corrected chi connectivity index (χ2v) is 2.76. The van der Waals surface area contributed by atoms with Gasteiger partial charge in [0.15, 0.2) is 0 Å². The van der Waals surface area contributed by atoms with Gasteiger partial charge in [0.25, 0.3) is 0 Å². The maximum atomic E-state index is 10.8. The first kappa shape index (κ1) is 13.3. The fourth-order valence-electron chi connectivity index (χ4n) is 0.714. The fourth-order valence-corrected chi connectivity index (χ4v) is 0.714. The summed E-state index contributed by atoms with van der Waals surface area (Å²) in [4.78, 5) is 31.7. The van der Waals surface area contributed by atoms with E-state index in [4.69, 9.17) is 5.41 Å². The number of Topliss-reactive ketones (excluding diaryl/α,β-unsaturated/α-hetero) is 1. The molecule has 0 rings (SSSR count). The van der Waals surface area contributed by atoms with Crippen LogP contribution in [0.25, 0.3) is 0 Å². The largest absolute Gasteiger partial charge is 0.465 e. The van der Waals surface area contributed by atoms with Crippen LogP contribution in [0.5, 0.6) is 0 Å². The molecule has 0 aliphatic heterocycles. The summed E-state index contributed by atoms with van der Waals surface area (Å²) in [6.07, 6.45) is 0.672. The predicted molar refractivity (Wildman–Crippen MR) is 50.6 cm³/mol. The quantitative estimate of drug-likeness (QED) is 0.281. The Hall–Kier alpha value is -1.72. The minimum atomic E-state index is -0.731. The molecule has 0 fully saturated rings. The molecule has 0 atom stereocenters. The molecule has 0 aliphatic carbocycles. The number of carbonyl (C=O) groups excluding carboxylic acids is 3. The Balaban J connectivity index is 3.38. The Morgan fingerprint density at radius 2 is 1.80 bits per heavy atom. The molecule has 0 amide bonds. The van der Waals surface area contributed by atoms with E-state index in [2.05, 4.69) is 9.47 Å². The first-order chi connectivity index (χ1) is 7.06. The SMILES string of the molecule is CC(=O)CC(=O)OCCCOC(=O)C=N. The van der Waals surface area contributed by atoms with E-state index in [1.54, 1.807) is 0 Å². The lowest BCUT2D eigenvalue weighted by Gasteiger charge is -2.03. The van der Waals surface area contributed by atoms with Gasteiger partial charge in [0.1, 0.15) is 18.4 Å². The van der Waals surface area contributed by atoms with E-state index in [0.29, 0.717) is 12.6 Å². The number of nitrogens with one attached hydrogen (secondary N) is 1. The fraction of sp³-hybridized carbons (Fsp3) is 0.556. The molecule has 0 saturated heterocycles. The summed E-state index contributed by atoms with van der Waals surface area (Å²) < 4.78 is 9.17. The van der Waals surface area contributed by atoms with Gasteiger partial charge in [0.05, 0.1) is 13.2 Å². The van der Waals surface area contributed by atoms with Gasteiger partial charge in [-0.2, -0.15) is 0 Å². The third-order valence-corrected chi connectivity index (χ3v) is 1.31. The molecule has 0 saturated carbocycles. The first-order valence-electron chi connectivity index (χ1n) is 4.38. The highest BCUT2D eigenvalue weighted by molar-refractivity contribution is 6.21. The Morgan fingerprint density at radius 3 is 2.33 bits per heavy atom. The van der Waals surface area contributed by atoms with Crippen molar-refractivity contribution in [3.63, 3.8) is 0 Å². The second-order valence-electron chi connectivity index (χ2n) is 2.76. The molecule has 84 valence electrons. The minimum Gasteiger partial charge on any atom is -0.465 e. The average Bonchev–Trinajstić information content (AvgIpc) is 2.15. The van der Waals surface area contributed by atoms with Crippen LogP contribution in [0, 0.1) is 5.41 Å². The van der Waals surface area contributed by atoms with Crippen molar-refractivity contribution < 1.29 is 23.9 Å². The van der Waals surface area contributed by atoms with Crippen molar-refractivity contribution in [1.29, 1.82) is 5.41 Å². The van der Waals surface area contributed by atoms with Crippen molar-refractivity contribution >= 4 is 23.9 Å². The monoisotopic (exact) mass is 215 g/mol. The molecule has 0 aromatic heterocycles. The highest BCUT2D eigenvalue weighted by Gasteiger charge is 2.05. The van der Waals surface area contributed by atoms with E-state index >= 15 is 0 Å². The number of rotatable bonds is 7. The van der Waals surface area contributed by atoms with Crippen LogP contribution in [0.2, 0.25) is 0 Å². The van der Waals surface area contributed by atoms with E-state index in [-0.39, 0.29) is 25.4 Å². The summed E-state index contributed by atoms with van der Waals surface area (Å²) in [7, 11) is 0. The van der Waals surface area contributed by atoms with Gasteiger partial charge in [-0.25, -0.2) is 4.79 Å². The molecule has 1 N–H and O–H groups in total.